The first-order chi connectivity index (χ1) is 8.12. The fourth-order valence-corrected chi connectivity index (χ4v) is 1.72. The molecule has 0 heterocycles. The summed E-state index contributed by atoms with van der Waals surface area (Å²) in [6.07, 6.45) is 2.51. The van der Waals surface area contributed by atoms with E-state index in [1.165, 1.54) is 0 Å². The number of hydrogen-bond donors (Lipinski definition) is 1. The molecular weight excluding hydrogens is 214 g/mol. The van der Waals surface area contributed by atoms with E-state index in [9.17, 15) is 4.79 Å². The van der Waals surface area contributed by atoms with E-state index in [2.05, 4.69) is 6.58 Å². The van der Waals surface area contributed by atoms with Crippen LogP contribution in [0.4, 0.5) is 0 Å². The lowest BCUT2D eigenvalue weighted by Crippen LogP contribution is -2.50. The molecule has 92 valence electrons. The van der Waals surface area contributed by atoms with Crippen molar-refractivity contribution in [2.45, 2.75) is 25.3 Å². The van der Waals surface area contributed by atoms with Gasteiger partial charge in [-0.2, -0.15) is 0 Å². The summed E-state index contributed by atoms with van der Waals surface area (Å²) in [4.78, 5) is 11.9. The van der Waals surface area contributed by atoms with E-state index in [1.54, 1.807) is 13.0 Å². The summed E-state index contributed by atoms with van der Waals surface area (Å²) in [5, 5.41) is 0. The Bertz CT molecular complexity index is 375. The highest BCUT2D eigenvalue weighted by Gasteiger charge is 2.34. The molecule has 2 N–H and O–H groups in total. The Morgan fingerprint density at radius 1 is 1.47 bits per heavy atom. The second-order valence-electron chi connectivity index (χ2n) is 4.03. The van der Waals surface area contributed by atoms with Gasteiger partial charge in [0.1, 0.15) is 5.54 Å². The molecule has 0 unspecified atom stereocenters. The topological polar surface area (TPSA) is 52.3 Å². The molecule has 0 bridgehead atoms. The fraction of sp³-hybridized carbons (Fsp3) is 0.357. The largest absolute Gasteiger partial charge is 0.465 e. The number of benzene rings is 1. The molecule has 0 aliphatic heterocycles. The van der Waals surface area contributed by atoms with Crippen molar-refractivity contribution in [3.63, 3.8) is 0 Å². The van der Waals surface area contributed by atoms with Crippen molar-refractivity contribution in [3.05, 3.63) is 48.6 Å². The van der Waals surface area contributed by atoms with Crippen molar-refractivity contribution in [1.82, 2.24) is 0 Å². The zero-order chi connectivity index (χ0) is 12.7. The van der Waals surface area contributed by atoms with Crippen molar-refractivity contribution in [1.29, 1.82) is 0 Å². The Hall–Kier alpha value is -1.61. The van der Waals surface area contributed by atoms with Gasteiger partial charge in [-0.1, -0.05) is 36.4 Å². The zero-order valence-corrected chi connectivity index (χ0v) is 10.2. The van der Waals surface area contributed by atoms with Gasteiger partial charge in [0, 0.05) is 6.42 Å². The minimum Gasteiger partial charge on any atom is -0.465 e. The molecule has 1 aromatic carbocycles. The van der Waals surface area contributed by atoms with Crippen LogP contribution in [0.1, 0.15) is 18.9 Å². The van der Waals surface area contributed by atoms with Crippen molar-refractivity contribution in [2.75, 3.05) is 6.61 Å². The van der Waals surface area contributed by atoms with Crippen LogP contribution in [0.2, 0.25) is 0 Å². The lowest BCUT2D eigenvalue weighted by atomic mass is 9.88. The highest BCUT2D eigenvalue weighted by atomic mass is 16.5. The fourth-order valence-electron chi connectivity index (χ4n) is 1.72. The Labute approximate surface area is 102 Å². The number of carbonyl (C=O) groups is 1. The number of ether oxygens (including phenoxy) is 1. The van der Waals surface area contributed by atoms with E-state index < -0.39 is 5.54 Å². The van der Waals surface area contributed by atoms with E-state index >= 15 is 0 Å². The van der Waals surface area contributed by atoms with Crippen LogP contribution in [0.5, 0.6) is 0 Å². The quantitative estimate of drug-likeness (QED) is 0.604. The van der Waals surface area contributed by atoms with E-state index in [0.29, 0.717) is 19.4 Å². The van der Waals surface area contributed by atoms with E-state index in [-0.39, 0.29) is 5.97 Å². The molecule has 0 saturated carbocycles. The summed E-state index contributed by atoms with van der Waals surface area (Å²) in [7, 11) is 0. The third-order valence-electron chi connectivity index (χ3n) is 2.55. The second kappa shape index (κ2) is 6.21. The van der Waals surface area contributed by atoms with Crippen LogP contribution >= 0.6 is 0 Å². The van der Waals surface area contributed by atoms with Gasteiger partial charge < -0.3 is 10.5 Å². The molecule has 0 aromatic heterocycles. The predicted molar refractivity (Wildman–Crippen MR) is 68.5 cm³/mol. The summed E-state index contributed by atoms with van der Waals surface area (Å²) in [5.41, 5.74) is 6.13. The van der Waals surface area contributed by atoms with Crippen LogP contribution in [0, 0.1) is 0 Å². The predicted octanol–water partition coefficient (Wildman–Crippen LogP) is 2.07. The molecule has 0 aliphatic rings. The van der Waals surface area contributed by atoms with Gasteiger partial charge in [-0.3, -0.25) is 4.79 Å². The van der Waals surface area contributed by atoms with Crippen LogP contribution in [-0.2, 0) is 16.0 Å². The average molecular weight is 233 g/mol. The first-order valence-corrected chi connectivity index (χ1v) is 5.73. The monoisotopic (exact) mass is 233 g/mol. The Morgan fingerprint density at radius 3 is 2.65 bits per heavy atom. The molecular formula is C14H19NO2. The van der Waals surface area contributed by atoms with Crippen LogP contribution in [0.3, 0.4) is 0 Å². The first-order valence-electron chi connectivity index (χ1n) is 5.73. The number of hydrogen-bond acceptors (Lipinski definition) is 3. The Balaban J connectivity index is 2.84. The van der Waals surface area contributed by atoms with Crippen molar-refractivity contribution >= 4 is 5.97 Å². The highest BCUT2D eigenvalue weighted by molar-refractivity contribution is 5.81. The molecule has 0 aliphatic carbocycles. The van der Waals surface area contributed by atoms with E-state index in [4.69, 9.17) is 10.5 Å². The molecule has 17 heavy (non-hydrogen) atoms. The summed E-state index contributed by atoms with van der Waals surface area (Å²) in [6.45, 7) is 5.75. The van der Waals surface area contributed by atoms with Gasteiger partial charge in [-0.05, 0) is 18.9 Å². The SMILES string of the molecule is C=CC[C@](N)(Cc1ccccc1)C(=O)OCC. The molecule has 1 aromatic rings. The maximum atomic E-state index is 11.9. The van der Waals surface area contributed by atoms with Gasteiger partial charge in [-0.25, -0.2) is 0 Å². The number of nitrogens with two attached hydrogens (primary N) is 1. The smallest absolute Gasteiger partial charge is 0.326 e. The van der Waals surface area contributed by atoms with Crippen LogP contribution in [0.15, 0.2) is 43.0 Å². The molecule has 0 radical (unpaired) electrons. The molecule has 0 saturated heterocycles. The maximum Gasteiger partial charge on any atom is 0.326 e. The third-order valence-corrected chi connectivity index (χ3v) is 2.55. The molecule has 0 amide bonds. The summed E-state index contributed by atoms with van der Waals surface area (Å²) < 4.78 is 5.02. The second-order valence-corrected chi connectivity index (χ2v) is 4.03. The van der Waals surface area contributed by atoms with Gasteiger partial charge in [0.2, 0.25) is 0 Å². The van der Waals surface area contributed by atoms with Crippen LogP contribution < -0.4 is 5.73 Å². The third kappa shape index (κ3) is 3.71. The van der Waals surface area contributed by atoms with Crippen molar-refractivity contribution < 1.29 is 9.53 Å². The van der Waals surface area contributed by atoms with E-state index in [1.807, 2.05) is 30.3 Å². The molecule has 0 fully saturated rings. The summed E-state index contributed by atoms with van der Waals surface area (Å²) in [5.74, 6) is -0.372. The molecule has 0 spiro atoms. The van der Waals surface area contributed by atoms with Crippen molar-refractivity contribution in [2.24, 2.45) is 5.73 Å². The normalized spacial score (nSPS) is 13.8. The summed E-state index contributed by atoms with van der Waals surface area (Å²) >= 11 is 0. The summed E-state index contributed by atoms with van der Waals surface area (Å²) in [6, 6.07) is 9.68. The van der Waals surface area contributed by atoms with Gasteiger partial charge in [0.15, 0.2) is 0 Å². The van der Waals surface area contributed by atoms with Crippen molar-refractivity contribution in [3.8, 4) is 0 Å². The average Bonchev–Trinajstić information content (AvgIpc) is 2.31. The maximum absolute atomic E-state index is 11.9. The molecule has 1 atom stereocenters. The lowest BCUT2D eigenvalue weighted by molar-refractivity contribution is -0.149. The number of esters is 1. The van der Waals surface area contributed by atoms with E-state index in [0.717, 1.165) is 5.56 Å². The van der Waals surface area contributed by atoms with Gasteiger partial charge in [-0.15, -0.1) is 6.58 Å². The lowest BCUT2D eigenvalue weighted by Gasteiger charge is -2.25. The van der Waals surface area contributed by atoms with Crippen LogP contribution in [0.25, 0.3) is 0 Å². The molecule has 3 nitrogen and oxygen atoms in total. The Kier molecular flexibility index (Phi) is 4.91. The van der Waals surface area contributed by atoms with Gasteiger partial charge >= 0.3 is 5.97 Å². The van der Waals surface area contributed by atoms with Gasteiger partial charge in [0.25, 0.3) is 0 Å². The first kappa shape index (κ1) is 13.5. The number of rotatable bonds is 6. The van der Waals surface area contributed by atoms with Crippen LogP contribution in [-0.4, -0.2) is 18.1 Å². The standard InChI is InChI=1S/C14H19NO2/c1-3-10-14(15,13(16)17-4-2)11-12-8-6-5-7-9-12/h3,5-9H,1,4,10-11,15H2,2H3/t14-/m0/s1. The zero-order valence-electron chi connectivity index (χ0n) is 10.2. The van der Waals surface area contributed by atoms with Gasteiger partial charge in [0.05, 0.1) is 6.61 Å². The number of carbonyl (C=O) groups excluding carboxylic acids is 1. The molecule has 3 heteroatoms. The highest BCUT2D eigenvalue weighted by Crippen LogP contribution is 2.17. The minimum absolute atomic E-state index is 0.337. The minimum atomic E-state index is -1.01. The molecule has 1 rings (SSSR count). The Morgan fingerprint density at radius 2 is 2.12 bits per heavy atom.